The van der Waals surface area contributed by atoms with E-state index in [2.05, 4.69) is 0 Å². The van der Waals surface area contributed by atoms with E-state index >= 15 is 0 Å². The van der Waals surface area contributed by atoms with Crippen molar-refractivity contribution < 1.29 is 14.3 Å². The Balaban J connectivity index is 1.85. The van der Waals surface area contributed by atoms with Gasteiger partial charge in [-0.2, -0.15) is 0 Å². The van der Waals surface area contributed by atoms with E-state index in [0.717, 1.165) is 16.7 Å². The van der Waals surface area contributed by atoms with Crippen LogP contribution in [-0.2, 0) is 9.53 Å². The molecular weight excluding hydrogens is 316 g/mol. The molecule has 0 atom stereocenters. The van der Waals surface area contributed by atoms with E-state index in [-0.39, 0.29) is 5.91 Å². The molecular formula is C20H20N2O3. The molecule has 1 fully saturated rings. The Morgan fingerprint density at radius 3 is 2.40 bits per heavy atom. The standard InChI is InChI=1S/C20H20N2O3/c21-19(23)8-7-15-3-1-4-16(13-15)17-5-2-6-18(14-17)20(24)22-9-11-25-12-10-22/h1-8,13-14H,9-12H2,(H2,21,23). The minimum absolute atomic E-state index is 0.0231. The van der Waals surface area contributed by atoms with Gasteiger partial charge in [0.05, 0.1) is 13.2 Å². The van der Waals surface area contributed by atoms with Crippen LogP contribution < -0.4 is 5.73 Å². The number of carbonyl (C=O) groups is 2. The number of primary amides is 1. The molecule has 5 heteroatoms. The van der Waals surface area contributed by atoms with Gasteiger partial charge in [-0.05, 0) is 41.0 Å². The summed E-state index contributed by atoms with van der Waals surface area (Å²) in [6.07, 6.45) is 3.01. The fourth-order valence-electron chi connectivity index (χ4n) is 2.78. The Bertz CT molecular complexity index is 808. The van der Waals surface area contributed by atoms with Gasteiger partial charge in [-0.3, -0.25) is 9.59 Å². The highest BCUT2D eigenvalue weighted by molar-refractivity contribution is 5.95. The third kappa shape index (κ3) is 4.33. The van der Waals surface area contributed by atoms with Gasteiger partial charge in [-0.25, -0.2) is 0 Å². The Labute approximate surface area is 146 Å². The minimum Gasteiger partial charge on any atom is -0.378 e. The second kappa shape index (κ2) is 7.77. The Morgan fingerprint density at radius 2 is 1.68 bits per heavy atom. The van der Waals surface area contributed by atoms with Crippen LogP contribution in [0.4, 0.5) is 0 Å². The topological polar surface area (TPSA) is 72.6 Å². The lowest BCUT2D eigenvalue weighted by Gasteiger charge is -2.27. The first-order valence-corrected chi connectivity index (χ1v) is 8.18. The molecule has 2 aromatic carbocycles. The maximum atomic E-state index is 12.6. The highest BCUT2D eigenvalue weighted by atomic mass is 16.5. The van der Waals surface area contributed by atoms with Crippen molar-refractivity contribution in [2.75, 3.05) is 26.3 Å². The highest BCUT2D eigenvalue weighted by Gasteiger charge is 2.18. The molecule has 1 aliphatic heterocycles. The zero-order valence-corrected chi connectivity index (χ0v) is 13.9. The highest BCUT2D eigenvalue weighted by Crippen LogP contribution is 2.23. The van der Waals surface area contributed by atoms with Crippen molar-refractivity contribution in [2.45, 2.75) is 0 Å². The Morgan fingerprint density at radius 1 is 1.00 bits per heavy atom. The molecule has 2 aromatic rings. The van der Waals surface area contributed by atoms with Crippen LogP contribution in [0.2, 0.25) is 0 Å². The van der Waals surface area contributed by atoms with Crippen LogP contribution in [0, 0.1) is 0 Å². The summed E-state index contributed by atoms with van der Waals surface area (Å²) in [5.74, 6) is -0.460. The Kier molecular flexibility index (Phi) is 5.26. The van der Waals surface area contributed by atoms with Crippen LogP contribution >= 0.6 is 0 Å². The molecule has 0 unspecified atom stereocenters. The maximum Gasteiger partial charge on any atom is 0.254 e. The van der Waals surface area contributed by atoms with Crippen molar-refractivity contribution >= 4 is 17.9 Å². The molecule has 0 spiro atoms. The first-order chi connectivity index (χ1) is 12.1. The monoisotopic (exact) mass is 336 g/mol. The molecule has 128 valence electrons. The SMILES string of the molecule is NC(=O)C=Cc1cccc(-c2cccc(C(=O)N3CCOCC3)c2)c1. The lowest BCUT2D eigenvalue weighted by Crippen LogP contribution is -2.40. The summed E-state index contributed by atoms with van der Waals surface area (Å²) < 4.78 is 5.30. The number of amides is 2. The third-order valence-electron chi connectivity index (χ3n) is 4.07. The zero-order valence-electron chi connectivity index (χ0n) is 13.9. The van der Waals surface area contributed by atoms with Crippen molar-refractivity contribution in [3.8, 4) is 11.1 Å². The van der Waals surface area contributed by atoms with Crippen LogP contribution in [0.1, 0.15) is 15.9 Å². The summed E-state index contributed by atoms with van der Waals surface area (Å²) in [5.41, 5.74) is 8.60. The predicted octanol–water partition coefficient (Wildman–Crippen LogP) is 2.32. The average Bonchev–Trinajstić information content (AvgIpc) is 2.67. The molecule has 5 nitrogen and oxygen atoms in total. The summed E-state index contributed by atoms with van der Waals surface area (Å²) in [7, 11) is 0. The molecule has 1 heterocycles. The van der Waals surface area contributed by atoms with Crippen molar-refractivity contribution in [3.63, 3.8) is 0 Å². The van der Waals surface area contributed by atoms with Gasteiger partial charge in [0.2, 0.25) is 5.91 Å². The number of benzene rings is 2. The van der Waals surface area contributed by atoms with Crippen molar-refractivity contribution in [1.82, 2.24) is 4.90 Å². The first-order valence-electron chi connectivity index (χ1n) is 8.18. The number of nitrogens with zero attached hydrogens (tertiary/aromatic N) is 1. The van der Waals surface area contributed by atoms with Gasteiger partial charge >= 0.3 is 0 Å². The quantitative estimate of drug-likeness (QED) is 0.871. The van der Waals surface area contributed by atoms with Gasteiger partial charge in [-0.15, -0.1) is 0 Å². The van der Waals surface area contributed by atoms with Crippen LogP contribution in [0.25, 0.3) is 17.2 Å². The van der Waals surface area contributed by atoms with Crippen LogP contribution in [0.5, 0.6) is 0 Å². The van der Waals surface area contributed by atoms with Gasteiger partial charge in [0.15, 0.2) is 0 Å². The largest absolute Gasteiger partial charge is 0.378 e. The van der Waals surface area contributed by atoms with E-state index in [1.165, 1.54) is 6.08 Å². The number of ether oxygens (including phenoxy) is 1. The minimum atomic E-state index is -0.483. The summed E-state index contributed by atoms with van der Waals surface area (Å²) in [4.78, 5) is 25.3. The van der Waals surface area contributed by atoms with E-state index in [0.29, 0.717) is 31.9 Å². The third-order valence-corrected chi connectivity index (χ3v) is 4.07. The molecule has 25 heavy (non-hydrogen) atoms. The average molecular weight is 336 g/mol. The number of hydrogen-bond donors (Lipinski definition) is 1. The summed E-state index contributed by atoms with van der Waals surface area (Å²) >= 11 is 0. The van der Waals surface area contributed by atoms with Gasteiger partial charge < -0.3 is 15.4 Å². The van der Waals surface area contributed by atoms with Crippen LogP contribution in [0.15, 0.2) is 54.6 Å². The molecule has 3 rings (SSSR count). The maximum absolute atomic E-state index is 12.6. The molecule has 0 radical (unpaired) electrons. The van der Waals surface area contributed by atoms with Gasteiger partial charge in [0.1, 0.15) is 0 Å². The van der Waals surface area contributed by atoms with Crippen molar-refractivity contribution in [1.29, 1.82) is 0 Å². The second-order valence-corrected chi connectivity index (χ2v) is 5.85. The first kappa shape index (κ1) is 16.9. The predicted molar refractivity (Wildman–Crippen MR) is 96.8 cm³/mol. The molecule has 0 aromatic heterocycles. The molecule has 2 amide bonds. The van der Waals surface area contributed by atoms with E-state index in [1.807, 2.05) is 53.4 Å². The number of carbonyl (C=O) groups excluding carboxylic acids is 2. The van der Waals surface area contributed by atoms with Gasteiger partial charge in [0, 0.05) is 24.7 Å². The van der Waals surface area contributed by atoms with E-state index in [9.17, 15) is 9.59 Å². The van der Waals surface area contributed by atoms with E-state index < -0.39 is 5.91 Å². The fourth-order valence-corrected chi connectivity index (χ4v) is 2.78. The van der Waals surface area contributed by atoms with Crippen molar-refractivity contribution in [3.05, 3.63) is 65.7 Å². The molecule has 2 N–H and O–H groups in total. The summed E-state index contributed by atoms with van der Waals surface area (Å²) in [5, 5.41) is 0. The van der Waals surface area contributed by atoms with Crippen LogP contribution in [0.3, 0.4) is 0 Å². The lowest BCUT2D eigenvalue weighted by atomic mass is 10.0. The number of morpholine rings is 1. The molecule has 0 saturated carbocycles. The number of nitrogens with two attached hydrogens (primary N) is 1. The van der Waals surface area contributed by atoms with Gasteiger partial charge in [-0.1, -0.05) is 30.3 Å². The normalized spacial score (nSPS) is 14.6. The zero-order chi connectivity index (χ0) is 17.6. The Hall–Kier alpha value is -2.92. The smallest absolute Gasteiger partial charge is 0.254 e. The number of hydrogen-bond acceptors (Lipinski definition) is 3. The molecule has 0 aliphatic carbocycles. The van der Waals surface area contributed by atoms with Crippen LogP contribution in [-0.4, -0.2) is 43.0 Å². The molecule has 1 saturated heterocycles. The lowest BCUT2D eigenvalue weighted by molar-refractivity contribution is -0.113. The van der Waals surface area contributed by atoms with E-state index in [4.69, 9.17) is 10.5 Å². The summed E-state index contributed by atoms with van der Waals surface area (Å²) in [6.45, 7) is 2.41. The van der Waals surface area contributed by atoms with Crippen molar-refractivity contribution in [2.24, 2.45) is 5.73 Å². The number of rotatable bonds is 4. The van der Waals surface area contributed by atoms with E-state index in [1.54, 1.807) is 6.08 Å². The summed E-state index contributed by atoms with van der Waals surface area (Å²) in [6, 6.07) is 15.3. The molecule has 1 aliphatic rings. The van der Waals surface area contributed by atoms with Gasteiger partial charge in [0.25, 0.3) is 5.91 Å². The molecule has 0 bridgehead atoms. The fraction of sp³-hybridized carbons (Fsp3) is 0.200. The second-order valence-electron chi connectivity index (χ2n) is 5.85.